The Hall–Kier alpha value is -2.50. The molecule has 1 saturated carbocycles. The number of anilines is 1. The SMILES string of the molecule is Cn1cnc2c(NC3CCCCC3)nc(-c3ccccn3)nc21. The van der Waals surface area contributed by atoms with Crippen LogP contribution in [0.2, 0.25) is 0 Å². The van der Waals surface area contributed by atoms with Gasteiger partial charge in [0.15, 0.2) is 17.3 Å². The molecule has 4 rings (SSSR count). The van der Waals surface area contributed by atoms with Crippen molar-refractivity contribution in [2.75, 3.05) is 5.32 Å². The zero-order valence-electron chi connectivity index (χ0n) is 13.2. The smallest absolute Gasteiger partial charge is 0.182 e. The van der Waals surface area contributed by atoms with Crippen LogP contribution < -0.4 is 5.32 Å². The van der Waals surface area contributed by atoms with Crippen molar-refractivity contribution in [1.82, 2.24) is 24.5 Å². The van der Waals surface area contributed by atoms with E-state index < -0.39 is 0 Å². The number of rotatable bonds is 3. The standard InChI is InChI=1S/C17H20N6/c1-23-11-19-14-16(20-12-7-3-2-4-8-12)21-15(22-17(14)23)13-9-5-6-10-18-13/h5-6,9-12H,2-4,7-8H2,1H3,(H,20,21,22). The van der Waals surface area contributed by atoms with Crippen LogP contribution in [0.5, 0.6) is 0 Å². The maximum absolute atomic E-state index is 4.72. The molecule has 3 aromatic heterocycles. The van der Waals surface area contributed by atoms with Gasteiger partial charge < -0.3 is 9.88 Å². The first kappa shape index (κ1) is 14.1. The number of aryl methyl sites for hydroxylation is 1. The van der Waals surface area contributed by atoms with Crippen LogP contribution in [-0.4, -0.2) is 30.5 Å². The summed E-state index contributed by atoms with van der Waals surface area (Å²) in [5.74, 6) is 1.46. The van der Waals surface area contributed by atoms with E-state index in [-0.39, 0.29) is 0 Å². The maximum Gasteiger partial charge on any atom is 0.182 e. The molecule has 0 aliphatic heterocycles. The lowest BCUT2D eigenvalue weighted by molar-refractivity contribution is 0.462. The Morgan fingerprint density at radius 2 is 1.96 bits per heavy atom. The Morgan fingerprint density at radius 1 is 1.09 bits per heavy atom. The summed E-state index contributed by atoms with van der Waals surface area (Å²) < 4.78 is 1.93. The summed E-state index contributed by atoms with van der Waals surface area (Å²) in [6.07, 6.45) is 9.82. The van der Waals surface area contributed by atoms with Crippen molar-refractivity contribution in [3.05, 3.63) is 30.7 Å². The summed E-state index contributed by atoms with van der Waals surface area (Å²) in [5.41, 5.74) is 2.44. The normalized spacial score (nSPS) is 15.9. The van der Waals surface area contributed by atoms with Crippen LogP contribution in [0, 0.1) is 0 Å². The Bertz CT molecular complexity index is 805. The van der Waals surface area contributed by atoms with Crippen molar-refractivity contribution in [2.24, 2.45) is 7.05 Å². The second-order valence-corrected chi connectivity index (χ2v) is 6.12. The topological polar surface area (TPSA) is 68.5 Å². The van der Waals surface area contributed by atoms with Crippen LogP contribution in [0.3, 0.4) is 0 Å². The van der Waals surface area contributed by atoms with Crippen LogP contribution in [0.4, 0.5) is 5.82 Å². The summed E-state index contributed by atoms with van der Waals surface area (Å²) in [6.45, 7) is 0. The van der Waals surface area contributed by atoms with Crippen molar-refractivity contribution in [3.8, 4) is 11.5 Å². The lowest BCUT2D eigenvalue weighted by Gasteiger charge is -2.23. The maximum atomic E-state index is 4.72. The Kier molecular flexibility index (Phi) is 3.65. The fourth-order valence-corrected chi connectivity index (χ4v) is 3.16. The van der Waals surface area contributed by atoms with E-state index in [2.05, 4.69) is 20.3 Å². The fraction of sp³-hybridized carbons (Fsp3) is 0.412. The number of hydrogen-bond donors (Lipinski definition) is 1. The van der Waals surface area contributed by atoms with E-state index in [1.807, 2.05) is 29.8 Å². The molecule has 1 aliphatic carbocycles. The van der Waals surface area contributed by atoms with Crippen LogP contribution >= 0.6 is 0 Å². The van der Waals surface area contributed by atoms with E-state index in [0.29, 0.717) is 11.9 Å². The zero-order valence-corrected chi connectivity index (χ0v) is 13.2. The van der Waals surface area contributed by atoms with E-state index in [9.17, 15) is 0 Å². The minimum Gasteiger partial charge on any atom is -0.365 e. The van der Waals surface area contributed by atoms with Crippen LogP contribution in [0.25, 0.3) is 22.7 Å². The van der Waals surface area contributed by atoms with Crippen LogP contribution in [0.15, 0.2) is 30.7 Å². The number of pyridine rings is 1. The first-order valence-electron chi connectivity index (χ1n) is 8.18. The first-order valence-corrected chi connectivity index (χ1v) is 8.18. The largest absolute Gasteiger partial charge is 0.365 e. The molecule has 0 aromatic carbocycles. The number of nitrogens with zero attached hydrogens (tertiary/aromatic N) is 5. The molecule has 3 heterocycles. The molecule has 0 unspecified atom stereocenters. The minimum atomic E-state index is 0.473. The molecule has 0 radical (unpaired) electrons. The third-order valence-electron chi connectivity index (χ3n) is 4.40. The fourth-order valence-electron chi connectivity index (χ4n) is 3.16. The first-order chi connectivity index (χ1) is 11.3. The zero-order chi connectivity index (χ0) is 15.6. The Morgan fingerprint density at radius 3 is 2.74 bits per heavy atom. The second-order valence-electron chi connectivity index (χ2n) is 6.12. The molecular formula is C17H20N6. The third-order valence-corrected chi connectivity index (χ3v) is 4.40. The van der Waals surface area contributed by atoms with Crippen molar-refractivity contribution >= 4 is 17.0 Å². The minimum absolute atomic E-state index is 0.473. The number of nitrogens with one attached hydrogen (secondary N) is 1. The van der Waals surface area contributed by atoms with Gasteiger partial charge in [-0.1, -0.05) is 25.3 Å². The van der Waals surface area contributed by atoms with Gasteiger partial charge in [0.2, 0.25) is 0 Å². The van der Waals surface area contributed by atoms with Gasteiger partial charge in [-0.2, -0.15) is 0 Å². The van der Waals surface area contributed by atoms with E-state index in [1.54, 1.807) is 12.5 Å². The van der Waals surface area contributed by atoms with Gasteiger partial charge in [0, 0.05) is 19.3 Å². The Balaban J connectivity index is 1.78. The highest BCUT2D eigenvalue weighted by atomic mass is 15.2. The summed E-state index contributed by atoms with van der Waals surface area (Å²) in [6, 6.07) is 6.25. The Labute approximate surface area is 135 Å². The molecule has 23 heavy (non-hydrogen) atoms. The van der Waals surface area contributed by atoms with Gasteiger partial charge in [-0.25, -0.2) is 15.0 Å². The number of fused-ring (bicyclic) bond motifs is 1. The van der Waals surface area contributed by atoms with Gasteiger partial charge in [-0.3, -0.25) is 4.98 Å². The summed E-state index contributed by atoms with van der Waals surface area (Å²) in [5, 5.41) is 3.59. The van der Waals surface area contributed by atoms with Crippen molar-refractivity contribution < 1.29 is 0 Å². The molecule has 118 valence electrons. The molecule has 6 heteroatoms. The van der Waals surface area contributed by atoms with E-state index >= 15 is 0 Å². The van der Waals surface area contributed by atoms with Crippen molar-refractivity contribution in [3.63, 3.8) is 0 Å². The van der Waals surface area contributed by atoms with Crippen molar-refractivity contribution in [2.45, 2.75) is 38.1 Å². The van der Waals surface area contributed by atoms with Gasteiger partial charge in [0.05, 0.1) is 6.33 Å². The highest BCUT2D eigenvalue weighted by molar-refractivity contribution is 5.84. The third kappa shape index (κ3) is 2.76. The average molecular weight is 308 g/mol. The van der Waals surface area contributed by atoms with Gasteiger partial charge >= 0.3 is 0 Å². The molecule has 0 amide bonds. The molecule has 0 bridgehead atoms. The predicted octanol–water partition coefficient (Wildman–Crippen LogP) is 3.17. The molecule has 1 aliphatic rings. The summed E-state index contributed by atoms with van der Waals surface area (Å²) >= 11 is 0. The highest BCUT2D eigenvalue weighted by Gasteiger charge is 2.18. The van der Waals surface area contributed by atoms with Gasteiger partial charge in [-0.15, -0.1) is 0 Å². The molecule has 1 fully saturated rings. The summed E-state index contributed by atoms with van der Waals surface area (Å²) in [4.78, 5) is 18.2. The van der Waals surface area contributed by atoms with Gasteiger partial charge in [-0.05, 0) is 25.0 Å². The summed E-state index contributed by atoms with van der Waals surface area (Å²) in [7, 11) is 1.95. The average Bonchev–Trinajstić information content (AvgIpc) is 2.98. The lowest BCUT2D eigenvalue weighted by Crippen LogP contribution is -2.23. The molecule has 6 nitrogen and oxygen atoms in total. The number of hydrogen-bond acceptors (Lipinski definition) is 5. The second kappa shape index (κ2) is 5.95. The quantitative estimate of drug-likeness (QED) is 0.805. The van der Waals surface area contributed by atoms with E-state index in [0.717, 1.165) is 22.7 Å². The molecule has 0 spiro atoms. The highest BCUT2D eigenvalue weighted by Crippen LogP contribution is 2.26. The van der Waals surface area contributed by atoms with Crippen molar-refractivity contribution in [1.29, 1.82) is 0 Å². The van der Waals surface area contributed by atoms with E-state index in [1.165, 1.54) is 32.1 Å². The van der Waals surface area contributed by atoms with Crippen LogP contribution in [-0.2, 0) is 7.05 Å². The molecular weight excluding hydrogens is 288 g/mol. The molecule has 3 aromatic rings. The van der Waals surface area contributed by atoms with Crippen LogP contribution in [0.1, 0.15) is 32.1 Å². The molecule has 1 N–H and O–H groups in total. The van der Waals surface area contributed by atoms with Gasteiger partial charge in [0.25, 0.3) is 0 Å². The number of imidazole rings is 1. The lowest BCUT2D eigenvalue weighted by atomic mass is 9.95. The van der Waals surface area contributed by atoms with Gasteiger partial charge in [0.1, 0.15) is 11.2 Å². The van der Waals surface area contributed by atoms with E-state index in [4.69, 9.17) is 4.98 Å². The predicted molar refractivity (Wildman–Crippen MR) is 90.0 cm³/mol. The number of aromatic nitrogens is 5. The molecule has 0 atom stereocenters. The monoisotopic (exact) mass is 308 g/mol. The molecule has 0 saturated heterocycles.